The smallest absolute Gasteiger partial charge is 0.143 e. The van der Waals surface area contributed by atoms with Crippen LogP contribution in [0.5, 0.6) is 5.75 Å². The fraction of sp³-hybridized carbons (Fsp3) is 0.600. The molecule has 0 saturated carbocycles. The van der Waals surface area contributed by atoms with Crippen LogP contribution in [0.15, 0.2) is 21.1 Å². The number of aromatic hydroxyl groups is 1. The van der Waals surface area contributed by atoms with Crippen molar-refractivity contribution >= 4 is 31.9 Å². The zero-order valence-corrected chi connectivity index (χ0v) is 15.6. The lowest BCUT2D eigenvalue weighted by molar-refractivity contribution is -0.00966. The predicted octanol–water partition coefficient (Wildman–Crippen LogP) is 3.12. The van der Waals surface area contributed by atoms with Crippen molar-refractivity contribution in [3.05, 3.63) is 26.6 Å². The highest BCUT2D eigenvalue weighted by Gasteiger charge is 2.27. The van der Waals surface area contributed by atoms with Crippen LogP contribution in [0.1, 0.15) is 19.4 Å². The quantitative estimate of drug-likeness (QED) is 0.766. The molecule has 1 aromatic rings. The van der Waals surface area contributed by atoms with Crippen molar-refractivity contribution in [1.29, 1.82) is 0 Å². The summed E-state index contributed by atoms with van der Waals surface area (Å²) in [6, 6.07) is 3.88. The molecule has 0 aromatic heterocycles. The molecule has 21 heavy (non-hydrogen) atoms. The van der Waals surface area contributed by atoms with Crippen LogP contribution in [0.3, 0.4) is 0 Å². The molecule has 1 heterocycles. The number of hydrogen-bond donors (Lipinski definition) is 2. The van der Waals surface area contributed by atoms with E-state index in [0.29, 0.717) is 8.95 Å². The Labute approximate surface area is 143 Å². The fourth-order valence-corrected chi connectivity index (χ4v) is 3.79. The minimum Gasteiger partial charge on any atom is -0.506 e. The zero-order valence-electron chi connectivity index (χ0n) is 12.5. The fourth-order valence-electron chi connectivity index (χ4n) is 2.51. The summed E-state index contributed by atoms with van der Waals surface area (Å²) in [7, 11) is 0. The van der Waals surface area contributed by atoms with Gasteiger partial charge >= 0.3 is 0 Å². The summed E-state index contributed by atoms with van der Waals surface area (Å²) in [5, 5.41) is 13.2. The number of ether oxygens (including phenoxy) is 1. The Bertz CT molecular complexity index is 466. The van der Waals surface area contributed by atoms with E-state index < -0.39 is 0 Å². The van der Waals surface area contributed by atoms with Gasteiger partial charge in [-0.2, -0.15) is 0 Å². The molecule has 4 nitrogen and oxygen atoms in total. The molecule has 118 valence electrons. The van der Waals surface area contributed by atoms with Crippen LogP contribution in [0.25, 0.3) is 0 Å². The number of rotatable bonds is 5. The van der Waals surface area contributed by atoms with Crippen molar-refractivity contribution < 1.29 is 9.84 Å². The Hall–Kier alpha value is -0.140. The molecule has 0 spiro atoms. The van der Waals surface area contributed by atoms with Crippen molar-refractivity contribution in [3.8, 4) is 5.75 Å². The summed E-state index contributed by atoms with van der Waals surface area (Å²) in [5.41, 5.74) is 1.24. The molecule has 0 unspecified atom stereocenters. The maximum atomic E-state index is 9.72. The van der Waals surface area contributed by atoms with Gasteiger partial charge in [0.2, 0.25) is 0 Å². The van der Waals surface area contributed by atoms with E-state index in [4.69, 9.17) is 4.74 Å². The normalized spacial score (nSPS) is 17.1. The highest BCUT2D eigenvalue weighted by atomic mass is 79.9. The van der Waals surface area contributed by atoms with Gasteiger partial charge in [-0.1, -0.05) is 0 Å². The number of benzene rings is 1. The van der Waals surface area contributed by atoms with Crippen molar-refractivity contribution in [1.82, 2.24) is 10.2 Å². The molecule has 2 N–H and O–H groups in total. The Balaban J connectivity index is 1.88. The lowest BCUT2D eigenvalue weighted by atomic mass is 10.0. The van der Waals surface area contributed by atoms with Crippen LogP contribution in [-0.4, -0.2) is 48.4 Å². The molecule has 1 aliphatic heterocycles. The molecular formula is C15H22Br2N2O2. The van der Waals surface area contributed by atoms with E-state index in [9.17, 15) is 5.11 Å². The van der Waals surface area contributed by atoms with E-state index in [2.05, 4.69) is 55.9 Å². The molecular weight excluding hydrogens is 400 g/mol. The molecule has 2 rings (SSSR count). The van der Waals surface area contributed by atoms with Gasteiger partial charge in [0.1, 0.15) is 5.75 Å². The lowest BCUT2D eigenvalue weighted by Gasteiger charge is -2.41. The lowest BCUT2D eigenvalue weighted by Crippen LogP contribution is -2.54. The highest BCUT2D eigenvalue weighted by Crippen LogP contribution is 2.33. The maximum Gasteiger partial charge on any atom is 0.143 e. The molecule has 0 amide bonds. The van der Waals surface area contributed by atoms with Gasteiger partial charge in [0, 0.05) is 31.7 Å². The number of nitrogens with one attached hydrogen (secondary N) is 1. The summed E-state index contributed by atoms with van der Waals surface area (Å²) >= 11 is 6.72. The number of nitrogens with zero attached hydrogens (tertiary/aromatic N) is 1. The first-order valence-corrected chi connectivity index (χ1v) is 8.69. The number of phenols is 1. The summed E-state index contributed by atoms with van der Waals surface area (Å²) in [4.78, 5) is 2.46. The molecule has 0 atom stereocenters. The maximum absolute atomic E-state index is 9.72. The van der Waals surface area contributed by atoms with Gasteiger partial charge in [-0.05, 0) is 63.4 Å². The Morgan fingerprint density at radius 2 is 1.81 bits per heavy atom. The molecule has 1 fully saturated rings. The largest absolute Gasteiger partial charge is 0.506 e. The molecule has 1 aromatic carbocycles. The van der Waals surface area contributed by atoms with E-state index in [1.54, 1.807) is 0 Å². The average Bonchev–Trinajstić information content (AvgIpc) is 2.45. The van der Waals surface area contributed by atoms with Crippen molar-refractivity contribution in [3.63, 3.8) is 0 Å². The Morgan fingerprint density at radius 1 is 1.24 bits per heavy atom. The van der Waals surface area contributed by atoms with E-state index in [0.717, 1.165) is 45.0 Å². The SMILES string of the molecule is CC(C)(CNCc1cc(Br)c(O)c(Br)c1)N1CCOCC1. The number of phenolic OH excluding ortho intramolecular Hbond substituents is 1. The third-order valence-electron chi connectivity index (χ3n) is 3.83. The first kappa shape index (κ1) is 17.2. The van der Waals surface area contributed by atoms with E-state index in [-0.39, 0.29) is 11.3 Å². The highest BCUT2D eigenvalue weighted by molar-refractivity contribution is 9.11. The van der Waals surface area contributed by atoms with Gasteiger partial charge in [0.25, 0.3) is 0 Å². The van der Waals surface area contributed by atoms with Crippen LogP contribution < -0.4 is 5.32 Å². The van der Waals surface area contributed by atoms with Gasteiger partial charge in [0.05, 0.1) is 22.2 Å². The van der Waals surface area contributed by atoms with Crippen molar-refractivity contribution in [2.75, 3.05) is 32.8 Å². The molecule has 0 radical (unpaired) electrons. The van der Waals surface area contributed by atoms with Crippen LogP contribution >= 0.6 is 31.9 Å². The second kappa shape index (κ2) is 7.42. The zero-order chi connectivity index (χ0) is 15.5. The van der Waals surface area contributed by atoms with Gasteiger partial charge in [0.15, 0.2) is 0 Å². The third-order valence-corrected chi connectivity index (χ3v) is 5.04. The molecule has 0 aliphatic carbocycles. The monoisotopic (exact) mass is 420 g/mol. The van der Waals surface area contributed by atoms with Crippen molar-refractivity contribution in [2.24, 2.45) is 0 Å². The van der Waals surface area contributed by atoms with E-state index in [1.165, 1.54) is 0 Å². The summed E-state index contributed by atoms with van der Waals surface area (Å²) < 4.78 is 6.83. The number of hydrogen-bond acceptors (Lipinski definition) is 4. The van der Waals surface area contributed by atoms with Crippen LogP contribution in [0.4, 0.5) is 0 Å². The summed E-state index contributed by atoms with van der Waals surface area (Å²) in [5.74, 6) is 0.243. The standard InChI is InChI=1S/C15H22Br2N2O2/c1-15(2,19-3-5-21-6-4-19)10-18-9-11-7-12(16)14(20)13(17)8-11/h7-8,18,20H,3-6,9-10H2,1-2H3. The van der Waals surface area contributed by atoms with Crippen LogP contribution in [-0.2, 0) is 11.3 Å². The molecule has 0 bridgehead atoms. The van der Waals surface area contributed by atoms with Gasteiger partial charge in [-0.3, -0.25) is 4.90 Å². The Kier molecular flexibility index (Phi) is 6.08. The number of halogens is 2. The van der Waals surface area contributed by atoms with E-state index >= 15 is 0 Å². The predicted molar refractivity (Wildman–Crippen MR) is 91.7 cm³/mol. The van der Waals surface area contributed by atoms with Crippen molar-refractivity contribution in [2.45, 2.75) is 25.9 Å². The minimum atomic E-state index is 0.106. The first-order chi connectivity index (χ1) is 9.90. The van der Waals surface area contributed by atoms with Gasteiger partial charge in [-0.25, -0.2) is 0 Å². The average molecular weight is 422 g/mol. The topological polar surface area (TPSA) is 44.7 Å². The second-order valence-electron chi connectivity index (χ2n) is 5.92. The summed E-state index contributed by atoms with van der Waals surface area (Å²) in [6.45, 7) is 9.81. The summed E-state index contributed by atoms with van der Waals surface area (Å²) in [6.07, 6.45) is 0. The third kappa shape index (κ3) is 4.66. The molecule has 1 saturated heterocycles. The number of morpholine rings is 1. The van der Waals surface area contributed by atoms with Crippen LogP contribution in [0, 0.1) is 0 Å². The Morgan fingerprint density at radius 3 is 2.38 bits per heavy atom. The molecule has 1 aliphatic rings. The molecule has 6 heteroatoms. The van der Waals surface area contributed by atoms with Gasteiger partial charge in [-0.15, -0.1) is 0 Å². The minimum absolute atomic E-state index is 0.106. The van der Waals surface area contributed by atoms with E-state index in [1.807, 2.05) is 12.1 Å². The second-order valence-corrected chi connectivity index (χ2v) is 7.63. The van der Waals surface area contributed by atoms with Gasteiger partial charge < -0.3 is 15.2 Å². The first-order valence-electron chi connectivity index (χ1n) is 7.10. The van der Waals surface area contributed by atoms with Crippen LogP contribution in [0.2, 0.25) is 0 Å².